The number of para-hydroxylation sites is 1. The lowest BCUT2D eigenvalue weighted by Gasteiger charge is -2.28. The molecule has 11 nitrogen and oxygen atoms in total. The molecule has 0 spiro atoms. The predicted molar refractivity (Wildman–Crippen MR) is 136 cm³/mol. The second-order valence-electron chi connectivity index (χ2n) is 9.34. The van der Waals surface area contributed by atoms with Crippen molar-refractivity contribution >= 4 is 38.6 Å². The second kappa shape index (κ2) is 10.2. The molecule has 2 saturated heterocycles. The number of Topliss-reactive ketones (excluding diaryl/α,β-unsaturated/α-hetero) is 1. The fourth-order valence-corrected chi connectivity index (χ4v) is 6.85. The molecule has 200 valence electrons. The van der Waals surface area contributed by atoms with E-state index in [4.69, 9.17) is 9.15 Å². The van der Waals surface area contributed by atoms with Crippen LogP contribution in [0.3, 0.4) is 0 Å². The summed E-state index contributed by atoms with van der Waals surface area (Å²) in [6.07, 6.45) is 3.97. The number of fused-ring (bicyclic) bond motifs is 2. The maximum Gasteiger partial charge on any atom is 0.287 e. The van der Waals surface area contributed by atoms with Gasteiger partial charge in [-0.15, -0.1) is 0 Å². The quantitative estimate of drug-likeness (QED) is 0.458. The fourth-order valence-electron chi connectivity index (χ4n) is 5.26. The molecular formula is C26H28N4O7S. The van der Waals surface area contributed by atoms with E-state index in [1.54, 1.807) is 24.3 Å². The Morgan fingerprint density at radius 1 is 1.26 bits per heavy atom. The SMILES string of the molecule is CCCC(NC(=O)c1cc2cccc(OC)c2o1)C(=O)N1CCC2C1C(=O)CN2S(=O)(=O)c1cccnc1. The molecule has 1 aromatic carbocycles. The van der Waals surface area contributed by atoms with Crippen LogP contribution in [-0.2, 0) is 19.6 Å². The van der Waals surface area contributed by atoms with Gasteiger partial charge in [0.05, 0.1) is 19.7 Å². The highest BCUT2D eigenvalue weighted by Crippen LogP contribution is 2.34. The van der Waals surface area contributed by atoms with Crippen molar-refractivity contribution in [3.8, 4) is 5.75 Å². The number of ketones is 1. The summed E-state index contributed by atoms with van der Waals surface area (Å²) in [5.74, 6) is -0.821. The lowest BCUT2D eigenvalue weighted by atomic mass is 10.1. The number of likely N-dealkylation sites (tertiary alicyclic amines) is 1. The van der Waals surface area contributed by atoms with Crippen LogP contribution in [0.15, 0.2) is 58.1 Å². The fraction of sp³-hybridized carbons (Fsp3) is 0.385. The molecule has 0 radical (unpaired) electrons. The molecule has 4 heterocycles. The lowest BCUT2D eigenvalue weighted by Crippen LogP contribution is -2.52. The van der Waals surface area contributed by atoms with Gasteiger partial charge < -0.3 is 19.4 Å². The number of hydrogen-bond acceptors (Lipinski definition) is 8. The van der Waals surface area contributed by atoms with E-state index in [9.17, 15) is 22.8 Å². The molecule has 1 N–H and O–H groups in total. The van der Waals surface area contributed by atoms with Crippen molar-refractivity contribution in [2.24, 2.45) is 0 Å². The number of rotatable bonds is 8. The molecule has 38 heavy (non-hydrogen) atoms. The third-order valence-corrected chi connectivity index (χ3v) is 8.89. The zero-order chi connectivity index (χ0) is 27.0. The van der Waals surface area contributed by atoms with Gasteiger partial charge in [0.25, 0.3) is 5.91 Å². The van der Waals surface area contributed by atoms with E-state index in [-0.39, 0.29) is 29.5 Å². The van der Waals surface area contributed by atoms with Crippen LogP contribution in [0.1, 0.15) is 36.7 Å². The standard InChI is InChI=1S/C26H28N4O7S/c1-3-6-18(28-25(32)22-13-16-7-4-9-21(36-2)24(16)37-22)26(33)29-12-10-19-23(29)20(31)15-30(19)38(34,35)17-8-5-11-27-14-17/h4-5,7-9,11,13-14,18-19,23H,3,6,10,12,15H2,1-2H3,(H,28,32). The predicted octanol–water partition coefficient (Wildman–Crippen LogP) is 1.98. The third-order valence-electron chi connectivity index (χ3n) is 7.03. The van der Waals surface area contributed by atoms with Gasteiger partial charge in [-0.3, -0.25) is 19.4 Å². The van der Waals surface area contributed by atoms with Crippen LogP contribution in [0.4, 0.5) is 0 Å². The third kappa shape index (κ3) is 4.43. The van der Waals surface area contributed by atoms with Crippen molar-refractivity contribution in [3.05, 3.63) is 54.6 Å². The van der Waals surface area contributed by atoms with Crippen molar-refractivity contribution in [2.75, 3.05) is 20.2 Å². The summed E-state index contributed by atoms with van der Waals surface area (Å²) >= 11 is 0. The normalized spacial score (nSPS) is 20.5. The van der Waals surface area contributed by atoms with Crippen molar-refractivity contribution in [3.63, 3.8) is 0 Å². The Bertz CT molecular complexity index is 1490. The molecule has 3 atom stereocenters. The molecule has 3 aromatic rings. The van der Waals surface area contributed by atoms with Gasteiger partial charge in [0.15, 0.2) is 22.9 Å². The second-order valence-corrected chi connectivity index (χ2v) is 11.2. The summed E-state index contributed by atoms with van der Waals surface area (Å²) in [6.45, 7) is 1.77. The summed E-state index contributed by atoms with van der Waals surface area (Å²) in [6, 6.07) is 7.33. The Morgan fingerprint density at radius 2 is 2.08 bits per heavy atom. The van der Waals surface area contributed by atoms with E-state index in [0.29, 0.717) is 36.0 Å². The summed E-state index contributed by atoms with van der Waals surface area (Å²) in [7, 11) is -2.46. The van der Waals surface area contributed by atoms with E-state index >= 15 is 0 Å². The van der Waals surface area contributed by atoms with Crippen LogP contribution < -0.4 is 10.1 Å². The van der Waals surface area contributed by atoms with Gasteiger partial charge in [0.2, 0.25) is 15.9 Å². The number of carbonyl (C=O) groups is 3. The van der Waals surface area contributed by atoms with E-state index in [1.807, 2.05) is 6.92 Å². The van der Waals surface area contributed by atoms with Gasteiger partial charge in [-0.25, -0.2) is 8.42 Å². The first kappa shape index (κ1) is 25.9. The summed E-state index contributed by atoms with van der Waals surface area (Å²) < 4.78 is 38.6. The maximum atomic E-state index is 13.6. The number of carbonyl (C=O) groups excluding carboxylic acids is 3. The Hall–Kier alpha value is -3.77. The minimum atomic E-state index is -3.96. The molecule has 2 fully saturated rings. The van der Waals surface area contributed by atoms with Crippen molar-refractivity contribution in [1.82, 2.24) is 19.5 Å². The molecule has 2 amide bonds. The van der Waals surface area contributed by atoms with Crippen molar-refractivity contribution in [2.45, 2.75) is 49.2 Å². The van der Waals surface area contributed by atoms with E-state index in [1.165, 1.54) is 40.8 Å². The number of benzene rings is 1. The Labute approximate surface area is 219 Å². The average Bonchev–Trinajstić information content (AvgIpc) is 3.63. The molecule has 2 aliphatic rings. The van der Waals surface area contributed by atoms with E-state index in [2.05, 4.69) is 10.3 Å². The monoisotopic (exact) mass is 540 g/mol. The zero-order valence-corrected chi connectivity index (χ0v) is 21.8. The summed E-state index contributed by atoms with van der Waals surface area (Å²) in [4.78, 5) is 45.0. The topological polar surface area (TPSA) is 139 Å². The maximum absolute atomic E-state index is 13.6. The highest BCUT2D eigenvalue weighted by atomic mass is 32.2. The van der Waals surface area contributed by atoms with Gasteiger partial charge in [-0.05, 0) is 37.1 Å². The van der Waals surface area contributed by atoms with Crippen LogP contribution >= 0.6 is 0 Å². The van der Waals surface area contributed by atoms with Crippen LogP contribution in [0.2, 0.25) is 0 Å². The number of pyridine rings is 1. The first-order valence-corrected chi connectivity index (χ1v) is 13.8. The minimum Gasteiger partial charge on any atom is -0.493 e. The van der Waals surface area contributed by atoms with E-state index in [0.717, 1.165) is 0 Å². The smallest absolute Gasteiger partial charge is 0.287 e. The molecule has 3 unspecified atom stereocenters. The highest BCUT2D eigenvalue weighted by molar-refractivity contribution is 7.89. The van der Waals surface area contributed by atoms with Gasteiger partial charge in [-0.2, -0.15) is 4.31 Å². The number of sulfonamides is 1. The van der Waals surface area contributed by atoms with Gasteiger partial charge >= 0.3 is 0 Å². The number of hydrogen-bond donors (Lipinski definition) is 1. The number of aromatic nitrogens is 1. The molecule has 5 rings (SSSR count). The summed E-state index contributed by atoms with van der Waals surface area (Å²) in [5.41, 5.74) is 0.423. The average molecular weight is 541 g/mol. The Kier molecular flexibility index (Phi) is 6.93. The van der Waals surface area contributed by atoms with Crippen LogP contribution in [0, 0.1) is 0 Å². The molecule has 0 aliphatic carbocycles. The molecule has 0 saturated carbocycles. The molecule has 0 bridgehead atoms. The highest BCUT2D eigenvalue weighted by Gasteiger charge is 2.54. The number of ether oxygens (including phenoxy) is 1. The van der Waals surface area contributed by atoms with Gasteiger partial charge in [0.1, 0.15) is 17.0 Å². The van der Waals surface area contributed by atoms with Crippen LogP contribution in [0.25, 0.3) is 11.0 Å². The van der Waals surface area contributed by atoms with Crippen molar-refractivity contribution in [1.29, 1.82) is 0 Å². The number of amides is 2. The Balaban J connectivity index is 1.35. The van der Waals surface area contributed by atoms with Gasteiger partial charge in [-0.1, -0.05) is 25.5 Å². The lowest BCUT2D eigenvalue weighted by molar-refractivity contribution is -0.138. The molecule has 12 heteroatoms. The van der Waals surface area contributed by atoms with Crippen LogP contribution in [0.5, 0.6) is 5.75 Å². The number of nitrogens with one attached hydrogen (secondary N) is 1. The summed E-state index contributed by atoms with van der Waals surface area (Å²) in [5, 5.41) is 3.44. The molecular weight excluding hydrogens is 512 g/mol. The molecule has 2 aromatic heterocycles. The van der Waals surface area contributed by atoms with E-state index < -0.39 is 40.0 Å². The first-order valence-electron chi connectivity index (χ1n) is 12.4. The zero-order valence-electron chi connectivity index (χ0n) is 21.0. The van der Waals surface area contributed by atoms with Gasteiger partial charge in [0, 0.05) is 24.3 Å². The number of furan rings is 1. The van der Waals surface area contributed by atoms with Crippen molar-refractivity contribution < 1.29 is 32.0 Å². The van der Waals surface area contributed by atoms with Crippen LogP contribution in [-0.4, -0.2) is 78.5 Å². The first-order chi connectivity index (χ1) is 18.3. The number of nitrogens with zero attached hydrogens (tertiary/aromatic N) is 3. The Morgan fingerprint density at radius 3 is 2.79 bits per heavy atom. The number of methoxy groups -OCH3 is 1. The minimum absolute atomic E-state index is 0.00295. The largest absolute Gasteiger partial charge is 0.493 e. The molecule has 2 aliphatic heterocycles.